The molecule has 1 N–H and O–H groups in total. The Morgan fingerprint density at radius 1 is 1.27 bits per heavy atom. The third-order valence-corrected chi connectivity index (χ3v) is 5.99. The van der Waals surface area contributed by atoms with Crippen LogP contribution >= 0.6 is 23.4 Å². The molecule has 7 nitrogen and oxygen atoms in total. The van der Waals surface area contributed by atoms with Crippen molar-refractivity contribution in [1.29, 1.82) is 0 Å². The van der Waals surface area contributed by atoms with Gasteiger partial charge in [-0.05, 0) is 49.4 Å². The standard InChI is InChI=1S/C21H22ClN5O2S/c22-16-4-3-5-17(10-16)27-14-25-26-21(27)30-13-19(28)23-11-15-8-9-20(24-12-15)29-18-6-1-2-7-18/h3-5,8-10,12,14,18H,1-2,6-7,11,13H2,(H,23,28). The fraction of sp³-hybridized carbons (Fsp3) is 0.333. The third kappa shape index (κ3) is 5.52. The van der Waals surface area contributed by atoms with Crippen molar-refractivity contribution in [1.82, 2.24) is 25.1 Å². The van der Waals surface area contributed by atoms with Gasteiger partial charge in [-0.2, -0.15) is 0 Å². The van der Waals surface area contributed by atoms with E-state index in [0.717, 1.165) is 24.1 Å². The van der Waals surface area contributed by atoms with Crippen LogP contribution in [0.15, 0.2) is 54.1 Å². The lowest BCUT2D eigenvalue weighted by Gasteiger charge is -2.12. The predicted octanol–water partition coefficient (Wildman–Crippen LogP) is 4.05. The molecule has 1 aliphatic carbocycles. The van der Waals surface area contributed by atoms with Gasteiger partial charge in [0.2, 0.25) is 11.8 Å². The van der Waals surface area contributed by atoms with E-state index in [1.807, 2.05) is 30.3 Å². The van der Waals surface area contributed by atoms with Crippen molar-refractivity contribution in [3.8, 4) is 11.6 Å². The minimum absolute atomic E-state index is 0.0908. The fourth-order valence-corrected chi connectivity index (χ4v) is 4.21. The summed E-state index contributed by atoms with van der Waals surface area (Å²) >= 11 is 7.37. The van der Waals surface area contributed by atoms with Crippen LogP contribution in [-0.4, -0.2) is 37.5 Å². The predicted molar refractivity (Wildman–Crippen MR) is 116 cm³/mol. The molecule has 2 heterocycles. The summed E-state index contributed by atoms with van der Waals surface area (Å²) in [6.45, 7) is 0.414. The van der Waals surface area contributed by atoms with E-state index in [9.17, 15) is 4.79 Å². The molecule has 0 spiro atoms. The Morgan fingerprint density at radius 3 is 2.90 bits per heavy atom. The van der Waals surface area contributed by atoms with Crippen molar-refractivity contribution < 1.29 is 9.53 Å². The lowest BCUT2D eigenvalue weighted by atomic mass is 10.3. The Labute approximate surface area is 184 Å². The second kappa shape index (κ2) is 9.95. The number of halogens is 1. The monoisotopic (exact) mass is 443 g/mol. The molecule has 0 atom stereocenters. The van der Waals surface area contributed by atoms with Gasteiger partial charge in [-0.25, -0.2) is 4.98 Å². The number of rotatable bonds is 8. The summed E-state index contributed by atoms with van der Waals surface area (Å²) in [6.07, 6.45) is 8.28. The molecule has 3 aromatic rings. The van der Waals surface area contributed by atoms with Crippen molar-refractivity contribution in [3.05, 3.63) is 59.5 Å². The minimum atomic E-state index is -0.0908. The first kappa shape index (κ1) is 20.7. The summed E-state index contributed by atoms with van der Waals surface area (Å²) in [6, 6.07) is 11.2. The van der Waals surface area contributed by atoms with Crippen LogP contribution in [0.25, 0.3) is 5.69 Å². The highest BCUT2D eigenvalue weighted by atomic mass is 35.5. The number of benzene rings is 1. The highest BCUT2D eigenvalue weighted by Gasteiger charge is 2.17. The summed E-state index contributed by atoms with van der Waals surface area (Å²) in [5.41, 5.74) is 1.77. The quantitative estimate of drug-likeness (QED) is 0.529. The Kier molecular flexibility index (Phi) is 6.86. The second-order valence-corrected chi connectivity index (χ2v) is 8.44. The lowest BCUT2D eigenvalue weighted by Crippen LogP contribution is -2.24. The van der Waals surface area contributed by atoms with Gasteiger partial charge >= 0.3 is 0 Å². The van der Waals surface area contributed by atoms with Crippen LogP contribution in [0.5, 0.6) is 5.88 Å². The van der Waals surface area contributed by atoms with Crippen molar-refractivity contribution >= 4 is 29.3 Å². The van der Waals surface area contributed by atoms with Gasteiger partial charge < -0.3 is 10.1 Å². The van der Waals surface area contributed by atoms with Crippen LogP contribution in [0.2, 0.25) is 5.02 Å². The largest absolute Gasteiger partial charge is 0.474 e. The van der Waals surface area contributed by atoms with Crippen LogP contribution < -0.4 is 10.1 Å². The summed E-state index contributed by atoms with van der Waals surface area (Å²) < 4.78 is 7.67. The number of nitrogens with one attached hydrogen (secondary N) is 1. The molecule has 1 amide bonds. The summed E-state index contributed by atoms with van der Waals surface area (Å²) in [4.78, 5) is 16.6. The zero-order valence-electron chi connectivity index (χ0n) is 16.3. The maximum Gasteiger partial charge on any atom is 0.230 e. The van der Waals surface area contributed by atoms with Gasteiger partial charge in [-0.3, -0.25) is 9.36 Å². The number of nitrogens with zero attached hydrogens (tertiary/aromatic N) is 4. The van der Waals surface area contributed by atoms with Gasteiger partial charge in [-0.1, -0.05) is 35.5 Å². The van der Waals surface area contributed by atoms with E-state index in [4.69, 9.17) is 16.3 Å². The smallest absolute Gasteiger partial charge is 0.230 e. The number of hydrogen-bond donors (Lipinski definition) is 1. The average molecular weight is 444 g/mol. The number of amides is 1. The Bertz CT molecular complexity index is 989. The summed E-state index contributed by atoms with van der Waals surface area (Å²) in [5.74, 6) is 0.787. The molecule has 4 rings (SSSR count). The Hall–Kier alpha value is -2.58. The number of hydrogen-bond acceptors (Lipinski definition) is 6. The average Bonchev–Trinajstić information content (AvgIpc) is 3.44. The molecular formula is C21H22ClN5O2S. The first-order valence-corrected chi connectivity index (χ1v) is 11.2. The number of ether oxygens (including phenoxy) is 1. The molecular weight excluding hydrogens is 422 g/mol. The van der Waals surface area contributed by atoms with E-state index in [0.29, 0.717) is 22.6 Å². The van der Waals surface area contributed by atoms with E-state index in [2.05, 4.69) is 20.5 Å². The van der Waals surface area contributed by atoms with Gasteiger partial charge in [0, 0.05) is 23.8 Å². The van der Waals surface area contributed by atoms with Gasteiger partial charge in [0.25, 0.3) is 0 Å². The van der Waals surface area contributed by atoms with Gasteiger partial charge in [0.15, 0.2) is 5.16 Å². The molecule has 1 aliphatic rings. The highest BCUT2D eigenvalue weighted by Crippen LogP contribution is 2.23. The van der Waals surface area contributed by atoms with Gasteiger partial charge in [0.1, 0.15) is 12.4 Å². The van der Waals surface area contributed by atoms with Crippen LogP contribution in [-0.2, 0) is 11.3 Å². The van der Waals surface area contributed by atoms with E-state index < -0.39 is 0 Å². The molecule has 0 bridgehead atoms. The SMILES string of the molecule is O=C(CSc1nncn1-c1cccc(Cl)c1)NCc1ccc(OC2CCCC2)nc1. The van der Waals surface area contributed by atoms with Crippen LogP contribution in [0.1, 0.15) is 31.2 Å². The normalized spacial score (nSPS) is 14.0. The topological polar surface area (TPSA) is 81.9 Å². The molecule has 30 heavy (non-hydrogen) atoms. The van der Waals surface area contributed by atoms with Crippen molar-refractivity contribution in [3.63, 3.8) is 0 Å². The van der Waals surface area contributed by atoms with Crippen LogP contribution in [0.4, 0.5) is 0 Å². The van der Waals surface area contributed by atoms with Gasteiger partial charge in [-0.15, -0.1) is 10.2 Å². The van der Waals surface area contributed by atoms with Crippen LogP contribution in [0, 0.1) is 0 Å². The van der Waals surface area contributed by atoms with Crippen molar-refractivity contribution in [2.75, 3.05) is 5.75 Å². The lowest BCUT2D eigenvalue weighted by molar-refractivity contribution is -0.118. The molecule has 1 aromatic carbocycles. The van der Waals surface area contributed by atoms with E-state index in [1.54, 1.807) is 23.2 Å². The number of thioether (sulfide) groups is 1. The Morgan fingerprint density at radius 2 is 2.13 bits per heavy atom. The maximum absolute atomic E-state index is 12.3. The molecule has 2 aromatic heterocycles. The van der Waals surface area contributed by atoms with Crippen LogP contribution in [0.3, 0.4) is 0 Å². The molecule has 156 valence electrons. The summed E-state index contributed by atoms with van der Waals surface area (Å²) in [5, 5.41) is 12.2. The molecule has 9 heteroatoms. The Balaban J connectivity index is 1.25. The van der Waals surface area contributed by atoms with Crippen molar-refractivity contribution in [2.24, 2.45) is 0 Å². The number of carbonyl (C=O) groups excluding carboxylic acids is 1. The van der Waals surface area contributed by atoms with Gasteiger partial charge in [0.05, 0.1) is 11.4 Å². The molecule has 1 fully saturated rings. The zero-order valence-corrected chi connectivity index (χ0v) is 17.9. The molecule has 0 radical (unpaired) electrons. The first-order chi connectivity index (χ1) is 14.7. The number of carbonyl (C=O) groups is 1. The number of aromatic nitrogens is 4. The fourth-order valence-electron chi connectivity index (χ4n) is 3.27. The first-order valence-electron chi connectivity index (χ1n) is 9.84. The molecule has 0 aliphatic heterocycles. The summed E-state index contributed by atoms with van der Waals surface area (Å²) in [7, 11) is 0. The minimum Gasteiger partial charge on any atom is -0.474 e. The van der Waals surface area contributed by atoms with E-state index in [-0.39, 0.29) is 17.8 Å². The molecule has 0 unspecified atom stereocenters. The molecule has 0 saturated heterocycles. The third-order valence-electron chi connectivity index (χ3n) is 4.81. The van der Waals surface area contributed by atoms with E-state index >= 15 is 0 Å². The number of pyridine rings is 1. The van der Waals surface area contributed by atoms with E-state index in [1.165, 1.54) is 24.6 Å². The highest BCUT2D eigenvalue weighted by molar-refractivity contribution is 7.99. The maximum atomic E-state index is 12.3. The molecule has 1 saturated carbocycles. The van der Waals surface area contributed by atoms with Crippen molar-refractivity contribution in [2.45, 2.75) is 43.5 Å². The second-order valence-electron chi connectivity index (χ2n) is 7.06. The zero-order chi connectivity index (χ0) is 20.8.